The molecule has 2 rings (SSSR count). The normalized spacial score (nSPS) is 28.5. The van der Waals surface area contributed by atoms with Gasteiger partial charge in [-0.3, -0.25) is 0 Å². The van der Waals surface area contributed by atoms with Crippen molar-refractivity contribution in [3.8, 4) is 11.5 Å². The van der Waals surface area contributed by atoms with Crippen LogP contribution < -0.4 is 5.32 Å². The summed E-state index contributed by atoms with van der Waals surface area (Å²) in [5.41, 5.74) is 0.852. The number of nitrogens with one attached hydrogen (secondary N) is 1. The van der Waals surface area contributed by atoms with Crippen molar-refractivity contribution in [1.29, 1.82) is 0 Å². The third kappa shape index (κ3) is 3.03. The Balaban J connectivity index is 2.03. The van der Waals surface area contributed by atoms with E-state index >= 15 is 0 Å². The SMILES string of the molecule is CCC1CCC(NC(C)c2ccc(O)cc2O)C1C. The predicted octanol–water partition coefficient (Wildman–Crippen LogP) is 3.57. The molecule has 3 heteroatoms. The summed E-state index contributed by atoms with van der Waals surface area (Å²) in [4.78, 5) is 0. The van der Waals surface area contributed by atoms with Crippen LogP contribution in [0.25, 0.3) is 0 Å². The molecule has 1 aliphatic rings. The number of rotatable bonds is 4. The van der Waals surface area contributed by atoms with E-state index in [9.17, 15) is 10.2 Å². The van der Waals surface area contributed by atoms with Gasteiger partial charge in [0, 0.05) is 23.7 Å². The van der Waals surface area contributed by atoms with Gasteiger partial charge in [-0.2, -0.15) is 0 Å². The maximum Gasteiger partial charge on any atom is 0.124 e. The minimum absolute atomic E-state index is 0.101. The zero-order valence-electron chi connectivity index (χ0n) is 12.1. The van der Waals surface area contributed by atoms with E-state index in [1.807, 2.05) is 0 Å². The maximum atomic E-state index is 9.90. The second kappa shape index (κ2) is 5.83. The van der Waals surface area contributed by atoms with Gasteiger partial charge in [0.1, 0.15) is 11.5 Å². The minimum atomic E-state index is 0.101. The molecule has 1 aromatic carbocycles. The highest BCUT2D eigenvalue weighted by molar-refractivity contribution is 5.40. The lowest BCUT2D eigenvalue weighted by Gasteiger charge is -2.25. The minimum Gasteiger partial charge on any atom is -0.508 e. The van der Waals surface area contributed by atoms with Crippen LogP contribution in [0, 0.1) is 11.8 Å². The topological polar surface area (TPSA) is 52.5 Å². The fourth-order valence-electron chi connectivity index (χ4n) is 3.37. The molecular weight excluding hydrogens is 238 g/mol. The molecule has 4 atom stereocenters. The Bertz CT molecular complexity index is 433. The highest BCUT2D eigenvalue weighted by Crippen LogP contribution is 2.36. The molecule has 19 heavy (non-hydrogen) atoms. The fourth-order valence-corrected chi connectivity index (χ4v) is 3.37. The molecule has 106 valence electrons. The van der Waals surface area contributed by atoms with Gasteiger partial charge in [0.25, 0.3) is 0 Å². The summed E-state index contributed by atoms with van der Waals surface area (Å²) < 4.78 is 0. The van der Waals surface area contributed by atoms with Crippen LogP contribution in [-0.4, -0.2) is 16.3 Å². The average Bonchev–Trinajstić information content (AvgIpc) is 2.70. The first kappa shape index (κ1) is 14.2. The zero-order chi connectivity index (χ0) is 14.0. The Morgan fingerprint density at radius 1 is 1.32 bits per heavy atom. The van der Waals surface area contributed by atoms with E-state index in [-0.39, 0.29) is 17.5 Å². The Morgan fingerprint density at radius 2 is 2.05 bits per heavy atom. The van der Waals surface area contributed by atoms with Crippen molar-refractivity contribution >= 4 is 0 Å². The second-order valence-corrected chi connectivity index (χ2v) is 5.84. The maximum absolute atomic E-state index is 9.90. The van der Waals surface area contributed by atoms with Crippen LogP contribution in [0.4, 0.5) is 0 Å². The lowest BCUT2D eigenvalue weighted by atomic mass is 9.93. The van der Waals surface area contributed by atoms with Gasteiger partial charge < -0.3 is 15.5 Å². The molecule has 4 unspecified atom stereocenters. The number of hydrogen-bond donors (Lipinski definition) is 3. The van der Waals surface area contributed by atoms with E-state index in [0.29, 0.717) is 12.0 Å². The van der Waals surface area contributed by atoms with Crippen LogP contribution in [-0.2, 0) is 0 Å². The molecule has 0 aromatic heterocycles. The smallest absolute Gasteiger partial charge is 0.124 e. The number of benzene rings is 1. The van der Waals surface area contributed by atoms with E-state index in [1.165, 1.54) is 25.3 Å². The summed E-state index contributed by atoms with van der Waals surface area (Å²) in [7, 11) is 0. The molecule has 1 fully saturated rings. The highest BCUT2D eigenvalue weighted by Gasteiger charge is 2.32. The summed E-state index contributed by atoms with van der Waals surface area (Å²) >= 11 is 0. The quantitative estimate of drug-likeness (QED) is 0.778. The van der Waals surface area contributed by atoms with E-state index in [4.69, 9.17) is 0 Å². The van der Waals surface area contributed by atoms with Gasteiger partial charge >= 0.3 is 0 Å². The van der Waals surface area contributed by atoms with Crippen molar-refractivity contribution in [3.63, 3.8) is 0 Å². The van der Waals surface area contributed by atoms with Crippen LogP contribution in [0.5, 0.6) is 11.5 Å². The van der Waals surface area contributed by atoms with Crippen molar-refractivity contribution in [2.24, 2.45) is 11.8 Å². The van der Waals surface area contributed by atoms with Crippen molar-refractivity contribution in [3.05, 3.63) is 23.8 Å². The molecule has 0 saturated heterocycles. The summed E-state index contributed by atoms with van der Waals surface area (Å²) in [5.74, 6) is 1.77. The Hall–Kier alpha value is -1.22. The van der Waals surface area contributed by atoms with Gasteiger partial charge in [-0.05, 0) is 37.7 Å². The van der Waals surface area contributed by atoms with Crippen LogP contribution in [0.2, 0.25) is 0 Å². The third-order valence-electron chi connectivity index (χ3n) is 4.70. The molecule has 3 N–H and O–H groups in total. The number of hydrogen-bond acceptors (Lipinski definition) is 3. The molecule has 1 saturated carbocycles. The molecule has 0 bridgehead atoms. The summed E-state index contributed by atoms with van der Waals surface area (Å²) in [5, 5.41) is 22.9. The number of phenols is 2. The first-order chi connectivity index (χ1) is 9.02. The average molecular weight is 263 g/mol. The molecule has 0 spiro atoms. The van der Waals surface area contributed by atoms with E-state index in [1.54, 1.807) is 12.1 Å². The van der Waals surface area contributed by atoms with Gasteiger partial charge in [0.05, 0.1) is 0 Å². The number of phenolic OH excluding ortho intramolecular Hbond substituents is 2. The van der Waals surface area contributed by atoms with E-state index in [2.05, 4.69) is 26.1 Å². The summed E-state index contributed by atoms with van der Waals surface area (Å²) in [6.45, 7) is 6.65. The molecule has 0 heterocycles. The zero-order valence-corrected chi connectivity index (χ0v) is 12.1. The van der Waals surface area contributed by atoms with Crippen LogP contribution in [0.1, 0.15) is 51.6 Å². The first-order valence-electron chi connectivity index (χ1n) is 7.30. The highest BCUT2D eigenvalue weighted by atomic mass is 16.3. The van der Waals surface area contributed by atoms with Gasteiger partial charge in [-0.15, -0.1) is 0 Å². The third-order valence-corrected chi connectivity index (χ3v) is 4.70. The summed E-state index contributed by atoms with van der Waals surface area (Å²) in [6.07, 6.45) is 3.75. The molecule has 3 nitrogen and oxygen atoms in total. The van der Waals surface area contributed by atoms with Gasteiger partial charge in [-0.25, -0.2) is 0 Å². The van der Waals surface area contributed by atoms with Crippen LogP contribution in [0.3, 0.4) is 0 Å². The Kier molecular flexibility index (Phi) is 4.35. The van der Waals surface area contributed by atoms with Crippen molar-refractivity contribution in [1.82, 2.24) is 5.32 Å². The Morgan fingerprint density at radius 3 is 2.63 bits per heavy atom. The molecular formula is C16H25NO2. The number of aromatic hydroxyl groups is 2. The lowest BCUT2D eigenvalue weighted by Crippen LogP contribution is -2.34. The van der Waals surface area contributed by atoms with E-state index < -0.39 is 0 Å². The van der Waals surface area contributed by atoms with Crippen LogP contribution >= 0.6 is 0 Å². The van der Waals surface area contributed by atoms with Gasteiger partial charge in [-0.1, -0.05) is 26.3 Å². The molecule has 1 aromatic rings. The molecule has 1 aliphatic carbocycles. The van der Waals surface area contributed by atoms with Crippen LogP contribution in [0.15, 0.2) is 18.2 Å². The largest absolute Gasteiger partial charge is 0.508 e. The molecule has 0 radical (unpaired) electrons. The van der Waals surface area contributed by atoms with Crippen molar-refractivity contribution in [2.45, 2.75) is 52.1 Å². The second-order valence-electron chi connectivity index (χ2n) is 5.84. The Labute approximate surface area is 115 Å². The predicted molar refractivity (Wildman–Crippen MR) is 77.3 cm³/mol. The summed E-state index contributed by atoms with van der Waals surface area (Å²) in [6, 6.07) is 5.44. The van der Waals surface area contributed by atoms with Gasteiger partial charge in [0.2, 0.25) is 0 Å². The standard InChI is InChI=1S/C16H25NO2/c1-4-12-5-8-15(10(12)2)17-11(3)14-7-6-13(18)9-16(14)19/h6-7,9-12,15,17-19H,4-5,8H2,1-3H3. The fraction of sp³-hybridized carbons (Fsp3) is 0.625. The van der Waals surface area contributed by atoms with Gasteiger partial charge in [0.15, 0.2) is 0 Å². The van der Waals surface area contributed by atoms with Crippen molar-refractivity contribution in [2.75, 3.05) is 0 Å². The van der Waals surface area contributed by atoms with Crippen molar-refractivity contribution < 1.29 is 10.2 Å². The monoisotopic (exact) mass is 263 g/mol. The molecule has 0 amide bonds. The van der Waals surface area contributed by atoms with E-state index in [0.717, 1.165) is 11.5 Å². The lowest BCUT2D eigenvalue weighted by molar-refractivity contribution is 0.324. The first-order valence-corrected chi connectivity index (χ1v) is 7.30. The molecule has 0 aliphatic heterocycles.